The Morgan fingerprint density at radius 2 is 1.87 bits per heavy atom. The Kier molecular flexibility index (Phi) is 6.95. The zero-order valence-corrected chi connectivity index (χ0v) is 25.9. The summed E-state index contributed by atoms with van der Waals surface area (Å²) >= 11 is 0. The maximum absolute atomic E-state index is 14.6. The smallest absolute Gasteiger partial charge is 0.191 e. The summed E-state index contributed by atoms with van der Waals surface area (Å²) in [7, 11) is -1.36. The van der Waals surface area contributed by atoms with Crippen molar-refractivity contribution in [3.63, 3.8) is 0 Å². The molecule has 3 heterocycles. The van der Waals surface area contributed by atoms with Gasteiger partial charge in [0.15, 0.2) is 10.8 Å². The highest BCUT2D eigenvalue weighted by Gasteiger charge is 2.54. The highest BCUT2D eigenvalue weighted by Crippen LogP contribution is 2.53. The van der Waals surface area contributed by atoms with Gasteiger partial charge in [-0.2, -0.15) is 10.2 Å². The number of benzene rings is 1. The van der Waals surface area contributed by atoms with Gasteiger partial charge in [-0.25, -0.2) is 22.0 Å². The number of fused-ring (bicyclic) bond motifs is 2. The predicted octanol–water partition coefficient (Wildman–Crippen LogP) is 4.55. The van der Waals surface area contributed by atoms with Crippen LogP contribution in [0.1, 0.15) is 60.8 Å². The molecule has 1 unspecified atom stereocenters. The number of allylic oxidation sites excluding steroid dienone is 1. The van der Waals surface area contributed by atoms with Crippen LogP contribution in [0.5, 0.6) is 0 Å². The van der Waals surface area contributed by atoms with Gasteiger partial charge in [0, 0.05) is 37.6 Å². The minimum absolute atomic E-state index is 0.0223. The second-order valence-electron chi connectivity index (χ2n) is 12.8. The molecular weight excluding hydrogens is 598 g/mol. The first kappa shape index (κ1) is 29.7. The number of rotatable bonds is 7. The second-order valence-corrected chi connectivity index (χ2v) is 15.0. The Hall–Kier alpha value is -4.00. The third-order valence-corrected chi connectivity index (χ3v) is 11.7. The number of nitrogens with zero attached hydrogens (tertiary/aromatic N) is 6. The standard InChI is InChI=1S/C33H34F2N6O3S/c1-32(43)17-27(18-32)41(45(3,44)30-11-13-39(2)38-30)26-7-4-22-14-29-21(20-37-40(29)25-8-5-23(34)6-9-25)16-33(22,19-26)31(42)28-15-24(35)10-12-36-28/h5-6,8-15,20,26-27,43H,3-4,7,16-19H2,1-2H3/t26-,27?,32?,33-,45?/m0/s1. The maximum atomic E-state index is 14.6. The zero-order valence-electron chi connectivity index (χ0n) is 25.1. The fraction of sp³-hybridized carbons (Fsp3) is 0.364. The molecule has 7 rings (SSSR count). The Labute approximate surface area is 260 Å². The normalized spacial score (nSPS) is 27.2. The number of pyridine rings is 1. The van der Waals surface area contributed by atoms with E-state index in [0.29, 0.717) is 36.4 Å². The molecule has 1 aromatic carbocycles. The zero-order chi connectivity index (χ0) is 31.7. The molecular formula is C33H34F2N6O3S. The van der Waals surface area contributed by atoms with E-state index in [-0.39, 0.29) is 42.2 Å². The summed E-state index contributed by atoms with van der Waals surface area (Å²) < 4.78 is 48.0. The lowest BCUT2D eigenvalue weighted by Gasteiger charge is -2.53. The van der Waals surface area contributed by atoms with E-state index in [1.165, 1.54) is 24.4 Å². The molecule has 0 saturated heterocycles. The van der Waals surface area contributed by atoms with Crippen molar-refractivity contribution in [2.75, 3.05) is 0 Å². The van der Waals surface area contributed by atoms with E-state index >= 15 is 0 Å². The van der Waals surface area contributed by atoms with Crippen molar-refractivity contribution in [1.29, 1.82) is 0 Å². The lowest BCUT2D eigenvalue weighted by atomic mass is 9.60. The summed E-state index contributed by atoms with van der Waals surface area (Å²) in [6, 6.07) is 9.51. The highest BCUT2D eigenvalue weighted by atomic mass is 32.2. The Morgan fingerprint density at radius 3 is 2.53 bits per heavy atom. The van der Waals surface area contributed by atoms with Crippen LogP contribution in [0.4, 0.5) is 8.78 Å². The average molecular weight is 633 g/mol. The molecule has 3 aliphatic rings. The summed E-state index contributed by atoms with van der Waals surface area (Å²) in [5.74, 6) is 2.97. The molecule has 0 amide bonds. The SMILES string of the molecule is C=S(=O)(c1ccn(C)n1)N(C1CC(C)(O)C1)[C@H]1CCC2=Cc3c(cnn3-c3ccc(F)cc3)C[C@]2(C(=O)c2cc(F)ccn2)C1. The summed E-state index contributed by atoms with van der Waals surface area (Å²) in [5, 5.41) is 20.1. The Bertz CT molecular complexity index is 1940. The number of hydrogen-bond donors (Lipinski definition) is 1. The summed E-state index contributed by atoms with van der Waals surface area (Å²) in [6.45, 7) is 1.76. The number of Topliss-reactive ketones (excluding diaryl/α,β-unsaturated/α-hetero) is 1. The van der Waals surface area contributed by atoms with Crippen LogP contribution < -0.4 is 0 Å². The minimum Gasteiger partial charge on any atom is -0.390 e. The highest BCUT2D eigenvalue weighted by molar-refractivity contribution is 7.98. The topological polar surface area (TPSA) is 106 Å². The van der Waals surface area contributed by atoms with Crippen molar-refractivity contribution in [3.05, 3.63) is 95.2 Å². The molecule has 0 bridgehead atoms. The van der Waals surface area contributed by atoms with Crippen LogP contribution in [0.25, 0.3) is 11.8 Å². The number of aryl methyl sites for hydroxylation is 1. The van der Waals surface area contributed by atoms with Gasteiger partial charge < -0.3 is 5.11 Å². The summed E-state index contributed by atoms with van der Waals surface area (Å²) in [6.07, 6.45) is 9.15. The van der Waals surface area contributed by atoms with Gasteiger partial charge >= 0.3 is 0 Å². The number of aromatic nitrogens is 5. The molecule has 9 nitrogen and oxygen atoms in total. The molecule has 234 valence electrons. The van der Waals surface area contributed by atoms with Gasteiger partial charge in [0.05, 0.1) is 38.3 Å². The number of carbonyl (C=O) groups excluding carboxylic acids is 1. The lowest BCUT2D eigenvalue weighted by molar-refractivity contribution is -0.0680. The van der Waals surface area contributed by atoms with Crippen LogP contribution in [0.2, 0.25) is 0 Å². The maximum Gasteiger partial charge on any atom is 0.191 e. The third kappa shape index (κ3) is 5.04. The molecule has 12 heteroatoms. The van der Waals surface area contributed by atoms with Gasteiger partial charge in [0.25, 0.3) is 0 Å². The van der Waals surface area contributed by atoms with Crippen molar-refractivity contribution in [3.8, 4) is 5.69 Å². The number of ketones is 1. The van der Waals surface area contributed by atoms with Gasteiger partial charge in [-0.05, 0) is 99.4 Å². The van der Waals surface area contributed by atoms with Crippen LogP contribution in [-0.4, -0.2) is 67.5 Å². The van der Waals surface area contributed by atoms with Crippen LogP contribution in [-0.2, 0) is 23.2 Å². The van der Waals surface area contributed by atoms with E-state index < -0.39 is 26.5 Å². The third-order valence-electron chi connectivity index (χ3n) is 9.52. The first-order valence-electron chi connectivity index (χ1n) is 14.9. The van der Waals surface area contributed by atoms with E-state index in [4.69, 9.17) is 0 Å². The van der Waals surface area contributed by atoms with E-state index in [2.05, 4.69) is 21.1 Å². The Balaban J connectivity index is 1.33. The minimum atomic E-state index is -3.11. The van der Waals surface area contributed by atoms with Gasteiger partial charge in [-0.1, -0.05) is 5.57 Å². The van der Waals surface area contributed by atoms with E-state index in [1.54, 1.807) is 53.9 Å². The monoisotopic (exact) mass is 632 g/mol. The predicted molar refractivity (Wildman–Crippen MR) is 166 cm³/mol. The molecule has 0 radical (unpaired) electrons. The molecule has 2 saturated carbocycles. The fourth-order valence-electron chi connectivity index (χ4n) is 7.45. The van der Waals surface area contributed by atoms with Gasteiger partial charge in [-0.3, -0.25) is 14.5 Å². The quantitative estimate of drug-likeness (QED) is 0.237. The fourth-order valence-corrected chi connectivity index (χ4v) is 9.49. The van der Waals surface area contributed by atoms with Crippen molar-refractivity contribution in [2.24, 2.45) is 12.5 Å². The van der Waals surface area contributed by atoms with Crippen LogP contribution in [0.15, 0.2) is 71.7 Å². The summed E-state index contributed by atoms with van der Waals surface area (Å²) in [4.78, 5) is 18.8. The second kappa shape index (κ2) is 10.5. The van der Waals surface area contributed by atoms with Crippen molar-refractivity contribution >= 4 is 27.4 Å². The molecule has 0 spiro atoms. The van der Waals surface area contributed by atoms with Gasteiger partial charge in [-0.15, -0.1) is 0 Å². The van der Waals surface area contributed by atoms with Gasteiger partial charge in [0.2, 0.25) is 0 Å². The van der Waals surface area contributed by atoms with Crippen LogP contribution in [0.3, 0.4) is 0 Å². The first-order chi connectivity index (χ1) is 21.4. The molecule has 1 N–H and O–H groups in total. The molecule has 45 heavy (non-hydrogen) atoms. The summed E-state index contributed by atoms with van der Waals surface area (Å²) in [5.41, 5.74) is 1.17. The molecule has 0 aliphatic heterocycles. The van der Waals surface area contributed by atoms with Crippen molar-refractivity contribution in [2.45, 2.75) is 68.2 Å². The largest absolute Gasteiger partial charge is 0.390 e. The van der Waals surface area contributed by atoms with E-state index in [1.807, 2.05) is 10.4 Å². The molecule has 2 fully saturated rings. The van der Waals surface area contributed by atoms with Crippen molar-refractivity contribution < 1.29 is 22.9 Å². The molecule has 3 atom stereocenters. The molecule has 4 aromatic rings. The van der Waals surface area contributed by atoms with Crippen LogP contribution in [0, 0.1) is 17.0 Å². The Morgan fingerprint density at radius 1 is 1.11 bits per heavy atom. The number of hydrogen-bond acceptors (Lipinski definition) is 6. The van der Waals surface area contributed by atoms with E-state index in [9.17, 15) is 22.9 Å². The van der Waals surface area contributed by atoms with E-state index in [0.717, 1.165) is 22.9 Å². The molecule has 3 aromatic heterocycles. The first-order valence-corrected chi connectivity index (χ1v) is 16.6. The van der Waals surface area contributed by atoms with Crippen molar-refractivity contribution in [1.82, 2.24) is 28.9 Å². The average Bonchev–Trinajstić information content (AvgIpc) is 3.61. The number of halogens is 2. The van der Waals surface area contributed by atoms with Gasteiger partial charge in [0.1, 0.15) is 17.3 Å². The lowest BCUT2D eigenvalue weighted by Crippen LogP contribution is -2.60. The van der Waals surface area contributed by atoms with Crippen LogP contribution >= 0.6 is 0 Å². The number of aliphatic hydroxyl groups is 1. The molecule has 3 aliphatic carbocycles. The number of carbonyl (C=O) groups is 1.